The van der Waals surface area contributed by atoms with E-state index < -0.39 is 16.0 Å². The molecule has 23 heavy (non-hydrogen) atoms. The Morgan fingerprint density at radius 1 is 1.39 bits per heavy atom. The van der Waals surface area contributed by atoms with E-state index in [0.717, 1.165) is 26.2 Å². The molecule has 0 radical (unpaired) electrons. The van der Waals surface area contributed by atoms with Crippen molar-refractivity contribution in [2.75, 3.05) is 46.4 Å². The van der Waals surface area contributed by atoms with Gasteiger partial charge in [0, 0.05) is 44.3 Å². The Hall–Kier alpha value is -1.19. The van der Waals surface area contributed by atoms with Crippen molar-refractivity contribution in [2.45, 2.75) is 4.90 Å². The van der Waals surface area contributed by atoms with Crippen LogP contribution in [-0.4, -0.2) is 65.7 Å². The molecule has 2 rings (SSSR count). The summed E-state index contributed by atoms with van der Waals surface area (Å²) in [5, 5.41) is 3.50. The monoisotopic (exact) mass is 361 g/mol. The number of carbonyl (C=O) groups is 1. The van der Waals surface area contributed by atoms with E-state index in [2.05, 4.69) is 19.7 Å². The number of esters is 1. The number of methoxy groups -OCH3 is 1. The minimum absolute atomic E-state index is 0.0744. The molecule has 0 bridgehead atoms. The van der Waals surface area contributed by atoms with Gasteiger partial charge < -0.3 is 10.1 Å². The van der Waals surface area contributed by atoms with E-state index in [1.165, 1.54) is 25.3 Å². The van der Waals surface area contributed by atoms with Gasteiger partial charge in [-0.15, -0.1) is 0 Å². The molecule has 128 valence electrons. The van der Waals surface area contributed by atoms with Crippen LogP contribution < -0.4 is 10.0 Å². The summed E-state index contributed by atoms with van der Waals surface area (Å²) in [7, 11) is -2.62. The Labute approximate surface area is 141 Å². The molecular formula is C14H20ClN3O4S. The molecular weight excluding hydrogens is 342 g/mol. The molecule has 0 saturated carbocycles. The zero-order valence-electron chi connectivity index (χ0n) is 12.8. The van der Waals surface area contributed by atoms with E-state index in [4.69, 9.17) is 11.6 Å². The topological polar surface area (TPSA) is 87.7 Å². The van der Waals surface area contributed by atoms with Crippen LogP contribution in [0.3, 0.4) is 0 Å². The summed E-state index contributed by atoms with van der Waals surface area (Å²) in [5.41, 5.74) is -0.0744. The van der Waals surface area contributed by atoms with Gasteiger partial charge in [0.1, 0.15) is 0 Å². The molecule has 0 aromatic heterocycles. The second-order valence-corrected chi connectivity index (χ2v) is 7.29. The lowest BCUT2D eigenvalue weighted by molar-refractivity contribution is 0.0596. The van der Waals surface area contributed by atoms with Crippen molar-refractivity contribution in [1.29, 1.82) is 0 Å². The summed E-state index contributed by atoms with van der Waals surface area (Å²) in [6.07, 6.45) is 0. The van der Waals surface area contributed by atoms with Crippen LogP contribution in [0.25, 0.3) is 0 Å². The zero-order chi connectivity index (χ0) is 16.9. The number of piperazine rings is 1. The van der Waals surface area contributed by atoms with Crippen LogP contribution in [-0.2, 0) is 14.8 Å². The molecule has 1 heterocycles. The van der Waals surface area contributed by atoms with Crippen LogP contribution in [0.2, 0.25) is 5.02 Å². The van der Waals surface area contributed by atoms with Crippen molar-refractivity contribution in [3.05, 3.63) is 28.8 Å². The highest BCUT2D eigenvalue weighted by Crippen LogP contribution is 2.21. The normalized spacial score (nSPS) is 16.3. The molecule has 1 saturated heterocycles. The van der Waals surface area contributed by atoms with Crippen LogP contribution in [0.4, 0.5) is 0 Å². The second-order valence-electron chi connectivity index (χ2n) is 5.12. The van der Waals surface area contributed by atoms with Crippen LogP contribution >= 0.6 is 11.6 Å². The number of ether oxygens (including phenoxy) is 1. The molecule has 0 atom stereocenters. The van der Waals surface area contributed by atoms with E-state index in [0.29, 0.717) is 6.54 Å². The van der Waals surface area contributed by atoms with Gasteiger partial charge in [-0.25, -0.2) is 17.9 Å². The number of rotatable bonds is 6. The van der Waals surface area contributed by atoms with Crippen molar-refractivity contribution >= 4 is 27.6 Å². The van der Waals surface area contributed by atoms with Gasteiger partial charge in [0.25, 0.3) is 0 Å². The Morgan fingerprint density at radius 3 is 2.74 bits per heavy atom. The predicted octanol–water partition coefficient (Wildman–Crippen LogP) is 0.310. The minimum atomic E-state index is -3.82. The number of sulfonamides is 1. The second kappa shape index (κ2) is 8.07. The summed E-state index contributed by atoms with van der Waals surface area (Å²) in [6, 6.07) is 4.03. The van der Waals surface area contributed by atoms with Gasteiger partial charge in [-0.2, -0.15) is 0 Å². The van der Waals surface area contributed by atoms with Crippen molar-refractivity contribution in [3.8, 4) is 0 Å². The maximum Gasteiger partial charge on any atom is 0.339 e. The molecule has 0 aliphatic carbocycles. The first kappa shape index (κ1) is 18.2. The van der Waals surface area contributed by atoms with Crippen molar-refractivity contribution in [1.82, 2.24) is 14.9 Å². The van der Waals surface area contributed by atoms with Gasteiger partial charge in [-0.1, -0.05) is 11.6 Å². The summed E-state index contributed by atoms with van der Waals surface area (Å²) in [4.78, 5) is 13.8. The van der Waals surface area contributed by atoms with Crippen LogP contribution in [0, 0.1) is 0 Å². The van der Waals surface area contributed by atoms with E-state index in [1.54, 1.807) is 0 Å². The fourth-order valence-electron chi connectivity index (χ4n) is 2.36. The lowest BCUT2D eigenvalue weighted by Gasteiger charge is -2.27. The molecule has 0 unspecified atom stereocenters. The maximum atomic E-state index is 12.4. The molecule has 1 aliphatic heterocycles. The molecule has 0 amide bonds. The number of nitrogens with one attached hydrogen (secondary N) is 2. The van der Waals surface area contributed by atoms with Crippen LogP contribution in [0.15, 0.2) is 23.1 Å². The van der Waals surface area contributed by atoms with E-state index in [-0.39, 0.29) is 22.0 Å². The van der Waals surface area contributed by atoms with Gasteiger partial charge in [0.2, 0.25) is 10.0 Å². The van der Waals surface area contributed by atoms with Crippen molar-refractivity contribution in [2.24, 2.45) is 0 Å². The SMILES string of the molecule is COC(=O)c1cc(Cl)ccc1S(=O)(=O)NCCN1CCNCC1. The third-order valence-electron chi connectivity index (χ3n) is 3.57. The molecule has 0 spiro atoms. The Bertz CT molecular complexity index is 660. The number of benzene rings is 1. The molecule has 7 nitrogen and oxygen atoms in total. The van der Waals surface area contributed by atoms with Gasteiger partial charge in [0.15, 0.2) is 0 Å². The standard InChI is InChI=1S/C14H20ClN3O4S/c1-22-14(19)12-10-11(15)2-3-13(12)23(20,21)17-6-9-18-7-4-16-5-8-18/h2-3,10,16-17H,4-9H2,1H3. The molecule has 1 fully saturated rings. The first-order chi connectivity index (χ1) is 10.9. The maximum absolute atomic E-state index is 12.4. The minimum Gasteiger partial charge on any atom is -0.465 e. The zero-order valence-corrected chi connectivity index (χ0v) is 14.4. The third kappa shape index (κ3) is 4.89. The van der Waals surface area contributed by atoms with Gasteiger partial charge in [-0.3, -0.25) is 4.90 Å². The molecule has 1 aromatic carbocycles. The Balaban J connectivity index is 2.08. The number of hydrogen-bond acceptors (Lipinski definition) is 6. The number of hydrogen-bond donors (Lipinski definition) is 2. The fraction of sp³-hybridized carbons (Fsp3) is 0.500. The Morgan fingerprint density at radius 2 is 2.09 bits per heavy atom. The highest BCUT2D eigenvalue weighted by Gasteiger charge is 2.23. The highest BCUT2D eigenvalue weighted by atomic mass is 35.5. The van der Waals surface area contributed by atoms with E-state index >= 15 is 0 Å². The molecule has 1 aromatic rings. The van der Waals surface area contributed by atoms with E-state index in [9.17, 15) is 13.2 Å². The number of carbonyl (C=O) groups excluding carboxylic acids is 1. The van der Waals surface area contributed by atoms with Crippen molar-refractivity contribution < 1.29 is 17.9 Å². The predicted molar refractivity (Wildman–Crippen MR) is 87.3 cm³/mol. The summed E-state index contributed by atoms with van der Waals surface area (Å²) in [5.74, 6) is -0.741. The first-order valence-corrected chi connectivity index (χ1v) is 9.11. The highest BCUT2D eigenvalue weighted by molar-refractivity contribution is 7.89. The largest absolute Gasteiger partial charge is 0.465 e. The summed E-state index contributed by atoms with van der Waals surface area (Å²) in [6.45, 7) is 4.45. The summed E-state index contributed by atoms with van der Waals surface area (Å²) >= 11 is 5.84. The number of halogens is 1. The average Bonchev–Trinajstić information content (AvgIpc) is 2.54. The smallest absolute Gasteiger partial charge is 0.339 e. The van der Waals surface area contributed by atoms with Crippen LogP contribution in [0.1, 0.15) is 10.4 Å². The first-order valence-electron chi connectivity index (χ1n) is 7.24. The van der Waals surface area contributed by atoms with Gasteiger partial charge in [0.05, 0.1) is 17.6 Å². The number of nitrogens with zero attached hydrogens (tertiary/aromatic N) is 1. The Kier molecular flexibility index (Phi) is 6.37. The van der Waals surface area contributed by atoms with Gasteiger partial charge in [-0.05, 0) is 18.2 Å². The molecule has 9 heteroatoms. The quantitative estimate of drug-likeness (QED) is 0.709. The van der Waals surface area contributed by atoms with Crippen LogP contribution in [0.5, 0.6) is 0 Å². The van der Waals surface area contributed by atoms with Gasteiger partial charge >= 0.3 is 5.97 Å². The lowest BCUT2D eigenvalue weighted by Crippen LogP contribution is -2.46. The molecule has 2 N–H and O–H groups in total. The average molecular weight is 362 g/mol. The third-order valence-corrected chi connectivity index (χ3v) is 5.32. The van der Waals surface area contributed by atoms with Crippen molar-refractivity contribution in [3.63, 3.8) is 0 Å². The van der Waals surface area contributed by atoms with E-state index in [1.807, 2.05) is 0 Å². The molecule has 1 aliphatic rings. The lowest BCUT2D eigenvalue weighted by atomic mass is 10.2. The summed E-state index contributed by atoms with van der Waals surface area (Å²) < 4.78 is 32.0. The fourth-order valence-corrected chi connectivity index (χ4v) is 3.72.